The molecule has 0 spiro atoms. The molecule has 1 aliphatic rings. The van der Waals surface area contributed by atoms with E-state index in [1.165, 1.54) is 36.0 Å². The Labute approximate surface area is 128 Å². The monoisotopic (exact) mass is 279 g/mol. The van der Waals surface area contributed by atoms with Gasteiger partial charge < -0.3 is 5.32 Å². The van der Waals surface area contributed by atoms with Crippen molar-refractivity contribution < 1.29 is 0 Å². The van der Waals surface area contributed by atoms with Crippen LogP contribution in [0.25, 0.3) is 0 Å². The first-order valence-electron chi connectivity index (χ1n) is 8.08. The van der Waals surface area contributed by atoms with Gasteiger partial charge >= 0.3 is 0 Å². The number of nitrogens with one attached hydrogen (secondary N) is 1. The average Bonchev–Trinajstić information content (AvgIpc) is 2.95. The first-order valence-corrected chi connectivity index (χ1v) is 8.08. The van der Waals surface area contributed by atoms with Crippen molar-refractivity contribution in [2.75, 3.05) is 0 Å². The van der Waals surface area contributed by atoms with Gasteiger partial charge in [-0.2, -0.15) is 0 Å². The number of aryl methyl sites for hydroxylation is 3. The van der Waals surface area contributed by atoms with Gasteiger partial charge in [0, 0.05) is 12.1 Å². The lowest BCUT2D eigenvalue weighted by molar-refractivity contribution is 0.494. The summed E-state index contributed by atoms with van der Waals surface area (Å²) in [5.41, 5.74) is 7.20. The number of fused-ring (bicyclic) bond motifs is 1. The smallest absolute Gasteiger partial charge is 0.0297 e. The largest absolute Gasteiger partial charge is 0.304 e. The number of hydrogen-bond donors (Lipinski definition) is 1. The molecule has 3 rings (SSSR count). The van der Waals surface area contributed by atoms with Crippen molar-refractivity contribution >= 4 is 0 Å². The Balaban J connectivity index is 1.70. The summed E-state index contributed by atoms with van der Waals surface area (Å²) in [6.45, 7) is 6.64. The number of benzene rings is 2. The summed E-state index contributed by atoms with van der Waals surface area (Å²) in [7, 11) is 0. The minimum Gasteiger partial charge on any atom is -0.304 e. The predicted octanol–water partition coefficient (Wildman–Crippen LogP) is 4.90. The number of rotatable bonds is 4. The molecule has 2 aromatic carbocycles. The molecule has 1 heteroatoms. The second kappa shape index (κ2) is 6.03. The highest BCUT2D eigenvalue weighted by Gasteiger charge is 2.15. The Morgan fingerprint density at radius 1 is 0.810 bits per heavy atom. The molecule has 0 fully saturated rings. The molecule has 1 aliphatic carbocycles. The summed E-state index contributed by atoms with van der Waals surface area (Å²) >= 11 is 0. The van der Waals surface area contributed by atoms with Crippen molar-refractivity contribution in [3.05, 3.63) is 70.3 Å². The molecule has 0 radical (unpaired) electrons. The van der Waals surface area contributed by atoms with E-state index < -0.39 is 0 Å². The fraction of sp³-hybridized carbons (Fsp3) is 0.400. The van der Waals surface area contributed by atoms with E-state index in [4.69, 9.17) is 0 Å². The second-order valence-corrected chi connectivity index (χ2v) is 6.40. The van der Waals surface area contributed by atoms with Crippen LogP contribution in [0.15, 0.2) is 42.5 Å². The van der Waals surface area contributed by atoms with E-state index in [-0.39, 0.29) is 0 Å². The molecule has 2 aromatic rings. The third-order valence-corrected chi connectivity index (χ3v) is 4.70. The molecule has 0 aliphatic heterocycles. The molecule has 1 nitrogen and oxygen atoms in total. The Kier molecular flexibility index (Phi) is 4.12. The van der Waals surface area contributed by atoms with E-state index in [1.807, 2.05) is 0 Å². The van der Waals surface area contributed by atoms with Gasteiger partial charge in [0.25, 0.3) is 0 Å². The summed E-state index contributed by atoms with van der Waals surface area (Å²) in [6, 6.07) is 16.6. The van der Waals surface area contributed by atoms with Crippen LogP contribution >= 0.6 is 0 Å². The molecule has 0 amide bonds. The lowest BCUT2D eigenvalue weighted by atomic mass is 10.00. The van der Waals surface area contributed by atoms with Crippen LogP contribution in [0, 0.1) is 6.92 Å². The zero-order valence-electron chi connectivity index (χ0n) is 13.3. The molecule has 0 aromatic heterocycles. The molecule has 0 saturated heterocycles. The fourth-order valence-electron chi connectivity index (χ4n) is 3.28. The van der Waals surface area contributed by atoms with Gasteiger partial charge in [-0.1, -0.05) is 48.0 Å². The van der Waals surface area contributed by atoms with Crippen molar-refractivity contribution in [2.24, 2.45) is 0 Å². The Hall–Kier alpha value is -1.60. The third kappa shape index (κ3) is 3.19. The van der Waals surface area contributed by atoms with E-state index in [0.717, 1.165) is 0 Å². The molecule has 2 atom stereocenters. The minimum atomic E-state index is 0.369. The lowest BCUT2D eigenvalue weighted by Crippen LogP contribution is -2.22. The summed E-state index contributed by atoms with van der Waals surface area (Å²) in [5, 5.41) is 3.72. The molecule has 0 bridgehead atoms. The zero-order chi connectivity index (χ0) is 14.8. The highest BCUT2D eigenvalue weighted by molar-refractivity contribution is 5.36. The summed E-state index contributed by atoms with van der Waals surface area (Å²) < 4.78 is 0. The fourth-order valence-corrected chi connectivity index (χ4v) is 3.28. The van der Waals surface area contributed by atoms with Crippen molar-refractivity contribution in [1.29, 1.82) is 0 Å². The Morgan fingerprint density at radius 3 is 2.19 bits per heavy atom. The molecular formula is C20H25N. The molecule has 0 heterocycles. The first-order chi connectivity index (χ1) is 10.1. The standard InChI is InChI=1S/C20H25N/c1-14-7-9-17(10-8-14)15(2)21-16(3)19-12-11-18-5-4-6-20(18)13-19/h7-13,15-16,21H,4-6H2,1-3H3/t15-,16?/m0/s1. The van der Waals surface area contributed by atoms with Crippen molar-refractivity contribution in [3.8, 4) is 0 Å². The van der Waals surface area contributed by atoms with E-state index >= 15 is 0 Å². The van der Waals surface area contributed by atoms with E-state index in [0.29, 0.717) is 12.1 Å². The SMILES string of the molecule is Cc1ccc([C@H](C)NC(C)c2ccc3c(c2)CCC3)cc1. The van der Waals surface area contributed by atoms with Crippen LogP contribution in [0.3, 0.4) is 0 Å². The topological polar surface area (TPSA) is 12.0 Å². The number of hydrogen-bond acceptors (Lipinski definition) is 1. The van der Waals surface area contributed by atoms with Crippen molar-refractivity contribution in [1.82, 2.24) is 5.32 Å². The zero-order valence-corrected chi connectivity index (χ0v) is 13.3. The van der Waals surface area contributed by atoms with Crippen LogP contribution in [0.2, 0.25) is 0 Å². The van der Waals surface area contributed by atoms with Crippen LogP contribution in [-0.2, 0) is 12.8 Å². The van der Waals surface area contributed by atoms with Gasteiger partial charge in [0.15, 0.2) is 0 Å². The minimum absolute atomic E-state index is 0.369. The molecular weight excluding hydrogens is 254 g/mol. The van der Waals surface area contributed by atoms with E-state index in [2.05, 4.69) is 68.6 Å². The molecule has 1 unspecified atom stereocenters. The van der Waals surface area contributed by atoms with Crippen molar-refractivity contribution in [3.63, 3.8) is 0 Å². The van der Waals surface area contributed by atoms with Crippen LogP contribution in [0.5, 0.6) is 0 Å². The molecule has 110 valence electrons. The first kappa shape index (κ1) is 14.3. The maximum absolute atomic E-state index is 3.72. The highest BCUT2D eigenvalue weighted by atomic mass is 14.9. The van der Waals surface area contributed by atoms with Gasteiger partial charge in [-0.05, 0) is 62.3 Å². The maximum Gasteiger partial charge on any atom is 0.0297 e. The van der Waals surface area contributed by atoms with Gasteiger partial charge in [-0.25, -0.2) is 0 Å². The molecule has 0 saturated carbocycles. The van der Waals surface area contributed by atoms with Gasteiger partial charge in [0.05, 0.1) is 0 Å². The lowest BCUT2D eigenvalue weighted by Gasteiger charge is -2.21. The van der Waals surface area contributed by atoms with Crippen LogP contribution < -0.4 is 5.32 Å². The second-order valence-electron chi connectivity index (χ2n) is 6.40. The van der Waals surface area contributed by atoms with Crippen LogP contribution in [0.4, 0.5) is 0 Å². The van der Waals surface area contributed by atoms with Crippen LogP contribution in [-0.4, -0.2) is 0 Å². The predicted molar refractivity (Wildman–Crippen MR) is 89.6 cm³/mol. The average molecular weight is 279 g/mol. The Morgan fingerprint density at radius 2 is 1.43 bits per heavy atom. The normalized spacial score (nSPS) is 16.5. The maximum atomic E-state index is 3.72. The van der Waals surface area contributed by atoms with E-state index in [1.54, 1.807) is 11.1 Å². The van der Waals surface area contributed by atoms with Gasteiger partial charge in [0.1, 0.15) is 0 Å². The molecule has 21 heavy (non-hydrogen) atoms. The van der Waals surface area contributed by atoms with Gasteiger partial charge in [-0.15, -0.1) is 0 Å². The molecule has 1 N–H and O–H groups in total. The highest BCUT2D eigenvalue weighted by Crippen LogP contribution is 2.26. The quantitative estimate of drug-likeness (QED) is 0.839. The van der Waals surface area contributed by atoms with Crippen LogP contribution in [0.1, 0.15) is 60.2 Å². The third-order valence-electron chi connectivity index (χ3n) is 4.70. The summed E-state index contributed by atoms with van der Waals surface area (Å²) in [4.78, 5) is 0. The van der Waals surface area contributed by atoms with Gasteiger partial charge in [0.2, 0.25) is 0 Å². The summed E-state index contributed by atoms with van der Waals surface area (Å²) in [5.74, 6) is 0. The van der Waals surface area contributed by atoms with Crippen molar-refractivity contribution in [2.45, 2.75) is 52.1 Å². The Bertz CT molecular complexity index is 612. The van der Waals surface area contributed by atoms with Gasteiger partial charge in [-0.3, -0.25) is 0 Å². The van der Waals surface area contributed by atoms with E-state index in [9.17, 15) is 0 Å². The summed E-state index contributed by atoms with van der Waals surface area (Å²) in [6.07, 6.45) is 3.83.